The molecule has 1 aliphatic heterocycles. The molecule has 4 heteroatoms. The van der Waals surface area contributed by atoms with Crippen LogP contribution in [0.3, 0.4) is 0 Å². The third-order valence-corrected chi connectivity index (χ3v) is 6.29. The van der Waals surface area contributed by atoms with E-state index in [1.165, 1.54) is 43.6 Å². The highest BCUT2D eigenvalue weighted by molar-refractivity contribution is 6.31. The van der Waals surface area contributed by atoms with Crippen molar-refractivity contribution in [3.8, 4) is 0 Å². The van der Waals surface area contributed by atoms with Crippen molar-refractivity contribution in [2.75, 3.05) is 26.7 Å². The number of piperidine rings is 1. The molecular weight excluding hydrogens is 363 g/mol. The Labute approximate surface area is 167 Å². The van der Waals surface area contributed by atoms with Gasteiger partial charge in [-0.15, -0.1) is 0 Å². The van der Waals surface area contributed by atoms with Gasteiger partial charge in [-0.05, 0) is 41.7 Å². The van der Waals surface area contributed by atoms with Gasteiger partial charge in [-0.3, -0.25) is 0 Å². The van der Waals surface area contributed by atoms with Crippen LogP contribution in [0.25, 0.3) is 0 Å². The quantitative estimate of drug-likeness (QED) is 0.722. The summed E-state index contributed by atoms with van der Waals surface area (Å²) < 4.78 is 0. The van der Waals surface area contributed by atoms with Gasteiger partial charge in [0.2, 0.25) is 0 Å². The van der Waals surface area contributed by atoms with Crippen molar-refractivity contribution < 1.29 is 10.2 Å². The van der Waals surface area contributed by atoms with Crippen LogP contribution < -0.4 is 10.2 Å². The molecule has 1 fully saturated rings. The zero-order valence-electron chi connectivity index (χ0n) is 15.6. The average Bonchev–Trinajstić information content (AvgIpc) is 2.65. The van der Waals surface area contributed by atoms with Gasteiger partial charge in [0, 0.05) is 29.3 Å². The van der Waals surface area contributed by atoms with Gasteiger partial charge in [0.15, 0.2) is 0 Å². The zero-order chi connectivity index (χ0) is 18.4. The fourth-order valence-corrected chi connectivity index (χ4v) is 4.29. The molecule has 2 aromatic carbocycles. The fourth-order valence-electron chi connectivity index (χ4n) is 3.95. The minimum absolute atomic E-state index is 0.473. The molecule has 140 valence electrons. The maximum atomic E-state index is 6.42. The number of hydrogen-bond donors (Lipinski definition) is 2. The first-order valence-corrected chi connectivity index (χ1v) is 10.5. The lowest BCUT2D eigenvalue weighted by molar-refractivity contribution is -0.894. The number of rotatable bonds is 7. The molecule has 0 saturated carbocycles. The second-order valence-electron chi connectivity index (χ2n) is 7.65. The normalized spacial score (nSPS) is 21.5. The smallest absolute Gasteiger partial charge is 0.0967 e. The fraction of sp³-hybridized carbons (Fsp3) is 0.455. The molecule has 3 rings (SSSR count). The molecule has 0 amide bonds. The van der Waals surface area contributed by atoms with Crippen molar-refractivity contribution in [2.24, 2.45) is 0 Å². The standard InChI is InChI=1S/C22H28Cl2N2/c1-26-14-11-21(12-15-26)25-13-10-18(17-6-8-20(23)9-7-17)16-19-4-2-3-5-22(19)24/h2-9,18,21,25H,10-16H2,1H3/p+2/t18-/m1/s1. The summed E-state index contributed by atoms with van der Waals surface area (Å²) in [6.07, 6.45) is 4.81. The van der Waals surface area contributed by atoms with E-state index in [2.05, 4.69) is 36.6 Å². The van der Waals surface area contributed by atoms with Crippen molar-refractivity contribution in [2.45, 2.75) is 37.6 Å². The molecule has 0 spiro atoms. The Hall–Kier alpha value is -1.06. The molecule has 1 saturated heterocycles. The first kappa shape index (κ1) is 19.7. The molecular formula is C22H30Cl2N2+2. The van der Waals surface area contributed by atoms with E-state index in [0.717, 1.165) is 28.9 Å². The number of halogens is 2. The second kappa shape index (κ2) is 9.75. The molecule has 0 radical (unpaired) electrons. The van der Waals surface area contributed by atoms with Crippen molar-refractivity contribution in [3.05, 3.63) is 69.7 Å². The summed E-state index contributed by atoms with van der Waals surface area (Å²) in [5.74, 6) is 0.473. The predicted octanol–water partition coefficient (Wildman–Crippen LogP) is 2.95. The van der Waals surface area contributed by atoms with Gasteiger partial charge >= 0.3 is 0 Å². The van der Waals surface area contributed by atoms with E-state index >= 15 is 0 Å². The summed E-state index contributed by atoms with van der Waals surface area (Å²) in [6.45, 7) is 3.78. The summed E-state index contributed by atoms with van der Waals surface area (Å²) in [5.41, 5.74) is 2.59. The monoisotopic (exact) mass is 392 g/mol. The molecule has 1 aliphatic rings. The van der Waals surface area contributed by atoms with Crippen molar-refractivity contribution in [1.82, 2.24) is 0 Å². The maximum absolute atomic E-state index is 6.42. The third kappa shape index (κ3) is 5.72. The van der Waals surface area contributed by atoms with E-state index in [9.17, 15) is 0 Å². The summed E-state index contributed by atoms with van der Waals surface area (Å²) >= 11 is 12.5. The number of likely N-dealkylation sites (tertiary alicyclic amines) is 1. The van der Waals surface area contributed by atoms with Crippen LogP contribution in [0.1, 0.15) is 36.3 Å². The van der Waals surface area contributed by atoms with Gasteiger partial charge in [0.25, 0.3) is 0 Å². The minimum Gasteiger partial charge on any atom is -0.343 e. The number of benzene rings is 2. The van der Waals surface area contributed by atoms with Crippen LogP contribution in [0.15, 0.2) is 48.5 Å². The first-order chi connectivity index (χ1) is 12.6. The summed E-state index contributed by atoms with van der Waals surface area (Å²) in [7, 11) is 2.30. The summed E-state index contributed by atoms with van der Waals surface area (Å²) in [6, 6.07) is 17.3. The van der Waals surface area contributed by atoms with Crippen LogP contribution in [0.4, 0.5) is 0 Å². The van der Waals surface area contributed by atoms with E-state index in [0.29, 0.717) is 5.92 Å². The molecule has 2 aromatic rings. The Balaban J connectivity index is 1.63. The van der Waals surface area contributed by atoms with Gasteiger partial charge < -0.3 is 10.2 Å². The van der Waals surface area contributed by atoms with Gasteiger partial charge in [0.1, 0.15) is 0 Å². The molecule has 1 atom stereocenters. The van der Waals surface area contributed by atoms with Crippen molar-refractivity contribution in [1.29, 1.82) is 0 Å². The summed E-state index contributed by atoms with van der Waals surface area (Å²) in [5, 5.41) is 4.24. The highest BCUT2D eigenvalue weighted by Crippen LogP contribution is 2.28. The zero-order valence-corrected chi connectivity index (χ0v) is 17.1. The lowest BCUT2D eigenvalue weighted by Crippen LogP contribution is -3.12. The number of hydrogen-bond acceptors (Lipinski definition) is 0. The Kier molecular flexibility index (Phi) is 7.39. The predicted molar refractivity (Wildman–Crippen MR) is 110 cm³/mol. The summed E-state index contributed by atoms with van der Waals surface area (Å²) in [4.78, 5) is 1.67. The van der Waals surface area contributed by atoms with Gasteiger partial charge in [-0.25, -0.2) is 0 Å². The van der Waals surface area contributed by atoms with Crippen molar-refractivity contribution >= 4 is 23.2 Å². The van der Waals surface area contributed by atoms with Crippen LogP contribution in [-0.4, -0.2) is 32.7 Å². The van der Waals surface area contributed by atoms with E-state index in [1.54, 1.807) is 4.90 Å². The number of nitrogens with one attached hydrogen (secondary N) is 1. The van der Waals surface area contributed by atoms with Crippen LogP contribution in [0.5, 0.6) is 0 Å². The second-order valence-corrected chi connectivity index (χ2v) is 8.50. The topological polar surface area (TPSA) is 21.1 Å². The molecule has 0 aliphatic carbocycles. The Bertz CT molecular complexity index is 679. The van der Waals surface area contributed by atoms with Crippen LogP contribution in [-0.2, 0) is 6.42 Å². The minimum atomic E-state index is 0.473. The third-order valence-electron chi connectivity index (χ3n) is 5.66. The Morgan fingerprint density at radius 1 is 1.04 bits per heavy atom. The molecule has 2 nitrogen and oxygen atoms in total. The molecule has 26 heavy (non-hydrogen) atoms. The Morgan fingerprint density at radius 2 is 1.73 bits per heavy atom. The molecule has 0 aromatic heterocycles. The van der Waals surface area contributed by atoms with Crippen LogP contribution >= 0.6 is 23.2 Å². The van der Waals surface area contributed by atoms with Gasteiger partial charge in [0.05, 0.1) is 32.7 Å². The molecule has 1 heterocycles. The van der Waals surface area contributed by atoms with Crippen LogP contribution in [0.2, 0.25) is 10.0 Å². The highest BCUT2D eigenvalue weighted by atomic mass is 35.5. The van der Waals surface area contributed by atoms with E-state index < -0.39 is 0 Å². The van der Waals surface area contributed by atoms with E-state index in [1.807, 2.05) is 24.3 Å². The lowest BCUT2D eigenvalue weighted by Gasteiger charge is -2.25. The maximum Gasteiger partial charge on any atom is 0.0967 e. The molecule has 0 bridgehead atoms. The Morgan fingerprint density at radius 3 is 2.42 bits per heavy atom. The molecule has 0 unspecified atom stereocenters. The van der Waals surface area contributed by atoms with Gasteiger partial charge in [-0.2, -0.15) is 0 Å². The SMILES string of the molecule is C[NH+]1CCC([NH2+]CC[C@H](Cc2ccccc2Cl)c2ccc(Cl)cc2)CC1. The highest BCUT2D eigenvalue weighted by Gasteiger charge is 2.22. The molecule has 3 N–H and O–H groups in total. The largest absolute Gasteiger partial charge is 0.343 e. The lowest BCUT2D eigenvalue weighted by atomic mass is 9.89. The van der Waals surface area contributed by atoms with Crippen LogP contribution in [0, 0.1) is 0 Å². The van der Waals surface area contributed by atoms with Gasteiger partial charge in [-0.1, -0.05) is 53.5 Å². The average molecular weight is 393 g/mol. The van der Waals surface area contributed by atoms with E-state index in [4.69, 9.17) is 23.2 Å². The number of nitrogens with two attached hydrogens (primary N) is 1. The number of quaternary nitrogens is 2. The van der Waals surface area contributed by atoms with E-state index in [-0.39, 0.29) is 0 Å². The van der Waals surface area contributed by atoms with Crippen molar-refractivity contribution in [3.63, 3.8) is 0 Å². The first-order valence-electron chi connectivity index (χ1n) is 9.75.